The maximum absolute atomic E-state index is 14.2. The molecule has 5 nitrogen and oxygen atoms in total. The Morgan fingerprint density at radius 1 is 1.20 bits per heavy atom. The largest absolute Gasteiger partial charge is 0.457 e. The molecule has 1 aliphatic heterocycles. The van der Waals surface area contributed by atoms with Gasteiger partial charge in [-0.25, -0.2) is 9.18 Å². The van der Waals surface area contributed by atoms with Crippen molar-refractivity contribution in [2.45, 2.75) is 45.3 Å². The molecule has 1 saturated heterocycles. The van der Waals surface area contributed by atoms with E-state index in [-0.39, 0.29) is 40.6 Å². The summed E-state index contributed by atoms with van der Waals surface area (Å²) in [5.74, 6) is -2.21. The summed E-state index contributed by atoms with van der Waals surface area (Å²) in [6.07, 6.45) is 7.74. The van der Waals surface area contributed by atoms with E-state index in [0.717, 1.165) is 6.42 Å². The van der Waals surface area contributed by atoms with E-state index in [1.807, 2.05) is 0 Å². The highest BCUT2D eigenvalue weighted by atomic mass is 19.1. The Morgan fingerprint density at radius 3 is 2.69 bits per heavy atom. The van der Waals surface area contributed by atoms with Crippen LogP contribution in [-0.4, -0.2) is 36.4 Å². The lowest BCUT2D eigenvalue weighted by Gasteiger charge is -2.59. The van der Waals surface area contributed by atoms with Crippen molar-refractivity contribution in [1.29, 1.82) is 0 Å². The molecule has 4 aliphatic carbocycles. The zero-order chi connectivity index (χ0) is 24.8. The number of fused-ring (bicyclic) bond motifs is 1. The van der Waals surface area contributed by atoms with Crippen LogP contribution in [0, 0.1) is 39.8 Å². The average molecular weight is 477 g/mol. The van der Waals surface area contributed by atoms with Gasteiger partial charge in [0.25, 0.3) is 0 Å². The minimum atomic E-state index is -1.45. The van der Waals surface area contributed by atoms with Gasteiger partial charge in [-0.15, -0.1) is 0 Å². The van der Waals surface area contributed by atoms with Crippen molar-refractivity contribution in [1.82, 2.24) is 0 Å². The number of carbonyl (C=O) groups excluding carboxylic acids is 3. The molecule has 35 heavy (non-hydrogen) atoms. The van der Waals surface area contributed by atoms with Crippen molar-refractivity contribution < 1.29 is 28.2 Å². The van der Waals surface area contributed by atoms with Gasteiger partial charge < -0.3 is 9.47 Å². The summed E-state index contributed by atoms with van der Waals surface area (Å²) in [6, 6.07) is 5.73. The van der Waals surface area contributed by atoms with Crippen LogP contribution >= 0.6 is 0 Å². The molecule has 0 aromatic heterocycles. The van der Waals surface area contributed by atoms with Gasteiger partial charge in [0.15, 0.2) is 11.6 Å². The smallest absolute Gasteiger partial charge is 0.331 e. The first-order valence-corrected chi connectivity index (χ1v) is 12.3. The van der Waals surface area contributed by atoms with Crippen molar-refractivity contribution >= 4 is 23.6 Å². The summed E-state index contributed by atoms with van der Waals surface area (Å²) in [6.45, 7) is 8.79. The Bertz CT molecular complexity index is 1210. The molecule has 6 rings (SSSR count). The SMILES string of the molecule is C=C1C(=O)[C@@]23C(=O)[C@@H]4OC[C@]5(C=CCC(C)(C)[C@@H]45)[C@@H]2CC[C@@H]1[C@H]3OC(=O)/C=C/c1ccc(F)cc1. The fourth-order valence-corrected chi connectivity index (χ4v) is 8.11. The second-order valence-electron chi connectivity index (χ2n) is 11.5. The molecule has 1 aromatic carbocycles. The minimum absolute atomic E-state index is 0.0175. The summed E-state index contributed by atoms with van der Waals surface area (Å²) < 4.78 is 25.3. The van der Waals surface area contributed by atoms with E-state index in [2.05, 4.69) is 32.6 Å². The van der Waals surface area contributed by atoms with Crippen LogP contribution in [0.3, 0.4) is 0 Å². The number of halogens is 1. The Kier molecular flexibility index (Phi) is 4.73. The molecule has 1 spiro atoms. The van der Waals surface area contributed by atoms with Gasteiger partial charge in [-0.3, -0.25) is 9.59 Å². The number of benzene rings is 1. The van der Waals surface area contributed by atoms with E-state index in [9.17, 15) is 18.8 Å². The number of Topliss-reactive ketones (excluding diaryl/α,β-unsaturated/α-hetero) is 2. The van der Waals surface area contributed by atoms with Crippen LogP contribution in [0.4, 0.5) is 4.39 Å². The van der Waals surface area contributed by atoms with Crippen LogP contribution in [0.2, 0.25) is 0 Å². The molecule has 7 atom stereocenters. The Labute approximate surface area is 204 Å². The third kappa shape index (κ3) is 2.80. The Balaban J connectivity index is 1.40. The number of ketones is 2. The summed E-state index contributed by atoms with van der Waals surface area (Å²) in [5, 5.41) is 0. The van der Waals surface area contributed by atoms with Crippen LogP contribution in [0.5, 0.6) is 0 Å². The van der Waals surface area contributed by atoms with E-state index in [0.29, 0.717) is 30.6 Å². The normalized spacial score (nSPS) is 40.7. The lowest BCUT2D eigenvalue weighted by molar-refractivity contribution is -0.187. The standard InChI is InChI=1S/C29H29FO5/c1-16-19-10-11-20-28-14-4-13-27(2,3)23(28)22(34-15-28)25(33)29(20,24(16)32)26(19)35-21(31)12-7-17-5-8-18(30)9-6-17/h4-9,12,14,19-20,22-23,26H,1,10-11,13,15H2,2-3H3/b12-7+/t19-,20-,22+,23+,26+,28+,29+/m0/s1. The maximum Gasteiger partial charge on any atom is 0.331 e. The van der Waals surface area contributed by atoms with Crippen molar-refractivity contribution in [3.05, 3.63) is 66.0 Å². The highest BCUT2D eigenvalue weighted by molar-refractivity contribution is 6.20. The number of rotatable bonds is 3. The van der Waals surface area contributed by atoms with Gasteiger partial charge in [0.2, 0.25) is 0 Å². The molecule has 4 bridgehead atoms. The first kappa shape index (κ1) is 22.6. The van der Waals surface area contributed by atoms with Crippen LogP contribution in [0.25, 0.3) is 6.08 Å². The van der Waals surface area contributed by atoms with Gasteiger partial charge in [0, 0.05) is 23.3 Å². The summed E-state index contributed by atoms with van der Waals surface area (Å²) >= 11 is 0. The molecule has 0 amide bonds. The zero-order valence-corrected chi connectivity index (χ0v) is 20.0. The third-order valence-electron chi connectivity index (χ3n) is 9.39. The average Bonchev–Trinajstić information content (AvgIpc) is 3.24. The van der Waals surface area contributed by atoms with Gasteiger partial charge in [-0.1, -0.05) is 44.7 Å². The van der Waals surface area contributed by atoms with E-state index in [1.165, 1.54) is 24.3 Å². The quantitative estimate of drug-likeness (QED) is 0.279. The summed E-state index contributed by atoms with van der Waals surface area (Å²) in [7, 11) is 0. The predicted molar refractivity (Wildman–Crippen MR) is 126 cm³/mol. The number of hydrogen-bond donors (Lipinski definition) is 0. The van der Waals surface area contributed by atoms with Crippen LogP contribution < -0.4 is 0 Å². The lowest BCUT2D eigenvalue weighted by atomic mass is 9.41. The molecular weight excluding hydrogens is 447 g/mol. The number of hydrogen-bond acceptors (Lipinski definition) is 5. The molecule has 1 heterocycles. The van der Waals surface area contributed by atoms with Crippen molar-refractivity contribution in [2.75, 3.05) is 6.61 Å². The van der Waals surface area contributed by atoms with E-state index in [1.54, 1.807) is 12.1 Å². The van der Waals surface area contributed by atoms with E-state index in [4.69, 9.17) is 9.47 Å². The minimum Gasteiger partial charge on any atom is -0.457 e. The van der Waals surface area contributed by atoms with Crippen molar-refractivity contribution in [2.24, 2.45) is 34.0 Å². The second-order valence-corrected chi connectivity index (χ2v) is 11.5. The van der Waals surface area contributed by atoms with Gasteiger partial charge in [-0.2, -0.15) is 0 Å². The maximum atomic E-state index is 14.2. The van der Waals surface area contributed by atoms with Crippen LogP contribution in [0.15, 0.2) is 54.6 Å². The van der Waals surface area contributed by atoms with Gasteiger partial charge in [-0.05, 0) is 59.9 Å². The van der Waals surface area contributed by atoms with Crippen LogP contribution in [-0.2, 0) is 23.9 Å². The molecule has 3 saturated carbocycles. The first-order valence-electron chi connectivity index (χ1n) is 12.3. The molecule has 0 radical (unpaired) electrons. The molecule has 0 N–H and O–H groups in total. The molecule has 1 aromatic rings. The summed E-state index contributed by atoms with van der Waals surface area (Å²) in [5.41, 5.74) is -1.01. The van der Waals surface area contributed by atoms with E-state index >= 15 is 0 Å². The molecule has 5 aliphatic rings. The molecule has 182 valence electrons. The molecular formula is C29H29FO5. The van der Waals surface area contributed by atoms with Gasteiger partial charge >= 0.3 is 5.97 Å². The highest BCUT2D eigenvalue weighted by Gasteiger charge is 2.80. The number of ether oxygens (including phenoxy) is 2. The zero-order valence-electron chi connectivity index (χ0n) is 20.0. The Hall–Kier alpha value is -2.86. The van der Waals surface area contributed by atoms with Crippen LogP contribution in [0.1, 0.15) is 38.7 Å². The topological polar surface area (TPSA) is 69.7 Å². The molecule has 6 heteroatoms. The van der Waals surface area contributed by atoms with E-state index < -0.39 is 29.0 Å². The third-order valence-corrected chi connectivity index (χ3v) is 9.39. The number of carbonyl (C=O) groups is 3. The van der Waals surface area contributed by atoms with Crippen molar-refractivity contribution in [3.8, 4) is 0 Å². The Morgan fingerprint density at radius 2 is 1.94 bits per heavy atom. The predicted octanol–water partition coefficient (Wildman–Crippen LogP) is 4.47. The molecule has 4 fully saturated rings. The monoisotopic (exact) mass is 476 g/mol. The second kappa shape index (κ2) is 7.33. The summed E-state index contributed by atoms with van der Waals surface area (Å²) in [4.78, 5) is 41.0. The highest BCUT2D eigenvalue weighted by Crippen LogP contribution is 2.71. The molecule has 0 unspecified atom stereocenters. The number of esters is 1. The van der Waals surface area contributed by atoms with Gasteiger partial charge in [0.05, 0.1) is 6.61 Å². The van der Waals surface area contributed by atoms with Gasteiger partial charge in [0.1, 0.15) is 23.4 Å². The lowest BCUT2D eigenvalue weighted by Crippen LogP contribution is -2.68. The fourth-order valence-electron chi connectivity index (χ4n) is 8.11. The fraction of sp³-hybridized carbons (Fsp3) is 0.483. The van der Waals surface area contributed by atoms with Crippen molar-refractivity contribution in [3.63, 3.8) is 0 Å². The first-order chi connectivity index (χ1) is 16.6. The number of allylic oxidation sites excluding steroid dienone is 1.